The van der Waals surface area contributed by atoms with E-state index in [1.807, 2.05) is 54.6 Å². The molecule has 0 bridgehead atoms. The zero-order chi connectivity index (χ0) is 14.8. The van der Waals surface area contributed by atoms with Crippen molar-refractivity contribution < 1.29 is 9.53 Å². The topological polar surface area (TPSA) is 53.3 Å². The molecule has 0 spiro atoms. The number of nitrogens with zero attached hydrogens (tertiary/aromatic N) is 2. The summed E-state index contributed by atoms with van der Waals surface area (Å²) >= 11 is 0. The highest BCUT2D eigenvalue weighted by Crippen LogP contribution is 2.37. The van der Waals surface area contributed by atoms with Crippen molar-refractivity contribution in [3.63, 3.8) is 0 Å². The van der Waals surface area contributed by atoms with E-state index in [4.69, 9.17) is 4.74 Å². The summed E-state index contributed by atoms with van der Waals surface area (Å²) in [6.45, 7) is 0. The van der Waals surface area contributed by atoms with Crippen molar-refractivity contribution in [3.8, 4) is 6.07 Å². The van der Waals surface area contributed by atoms with Gasteiger partial charge in [-0.05, 0) is 17.7 Å². The second kappa shape index (κ2) is 5.14. The summed E-state index contributed by atoms with van der Waals surface area (Å²) in [7, 11) is 1.65. The molecule has 21 heavy (non-hydrogen) atoms. The van der Waals surface area contributed by atoms with Gasteiger partial charge in [0.15, 0.2) is 5.76 Å². The lowest BCUT2D eigenvalue weighted by atomic mass is 10.00. The van der Waals surface area contributed by atoms with Crippen molar-refractivity contribution in [1.29, 1.82) is 5.26 Å². The van der Waals surface area contributed by atoms with Gasteiger partial charge in [0.2, 0.25) is 0 Å². The van der Waals surface area contributed by atoms with Crippen LogP contribution in [0.3, 0.4) is 0 Å². The fourth-order valence-electron chi connectivity index (χ4n) is 2.30. The van der Waals surface area contributed by atoms with Gasteiger partial charge in [0.1, 0.15) is 11.6 Å². The maximum absolute atomic E-state index is 12.0. The highest BCUT2D eigenvalue weighted by Gasteiger charge is 2.29. The van der Waals surface area contributed by atoms with Gasteiger partial charge in [0.05, 0.1) is 5.69 Å². The molecule has 0 radical (unpaired) electrons. The second-order valence-corrected chi connectivity index (χ2v) is 4.63. The maximum atomic E-state index is 12.0. The van der Waals surface area contributed by atoms with E-state index in [2.05, 4.69) is 6.07 Å². The minimum absolute atomic E-state index is 0.308. The summed E-state index contributed by atoms with van der Waals surface area (Å²) in [5.74, 6) is 0.308. The molecule has 1 aliphatic heterocycles. The van der Waals surface area contributed by atoms with Crippen molar-refractivity contribution in [3.05, 3.63) is 65.7 Å². The summed E-state index contributed by atoms with van der Waals surface area (Å²) < 4.78 is 5.38. The summed E-state index contributed by atoms with van der Waals surface area (Å²) in [5, 5.41) is 9.50. The molecule has 0 N–H and O–H groups in total. The third-order valence-corrected chi connectivity index (χ3v) is 3.37. The number of ether oxygens (including phenoxy) is 1. The normalized spacial score (nSPS) is 15.8. The Bertz CT molecular complexity index is 773. The molecule has 2 aromatic carbocycles. The van der Waals surface area contributed by atoms with Gasteiger partial charge >= 0.3 is 6.09 Å². The zero-order valence-electron chi connectivity index (χ0n) is 11.4. The lowest BCUT2D eigenvalue weighted by molar-refractivity contribution is 0.199. The molecule has 3 rings (SSSR count). The van der Waals surface area contributed by atoms with Crippen molar-refractivity contribution >= 4 is 23.1 Å². The fraction of sp³-hybridized carbons (Fsp3) is 0.0588. The van der Waals surface area contributed by atoms with E-state index in [1.165, 1.54) is 4.90 Å². The highest BCUT2D eigenvalue weighted by molar-refractivity contribution is 6.06. The third-order valence-electron chi connectivity index (χ3n) is 3.37. The lowest BCUT2D eigenvalue weighted by Crippen LogP contribution is -2.31. The zero-order valence-corrected chi connectivity index (χ0v) is 11.4. The van der Waals surface area contributed by atoms with Crippen LogP contribution in [0.25, 0.3) is 11.3 Å². The average molecular weight is 276 g/mol. The van der Waals surface area contributed by atoms with E-state index < -0.39 is 6.09 Å². The number of rotatable bonds is 1. The highest BCUT2D eigenvalue weighted by atomic mass is 16.6. The number of anilines is 1. The van der Waals surface area contributed by atoms with Gasteiger partial charge in [0.25, 0.3) is 0 Å². The Hall–Kier alpha value is -3.06. The Morgan fingerprint density at radius 2 is 1.76 bits per heavy atom. The molecule has 0 saturated carbocycles. The summed E-state index contributed by atoms with van der Waals surface area (Å²) in [4.78, 5) is 13.4. The minimum Gasteiger partial charge on any atom is -0.408 e. The minimum atomic E-state index is -0.493. The smallest absolute Gasteiger partial charge is 0.408 e. The molecule has 0 aliphatic carbocycles. The molecule has 0 atom stereocenters. The second-order valence-electron chi connectivity index (χ2n) is 4.63. The predicted molar refractivity (Wildman–Crippen MR) is 80.2 cm³/mol. The van der Waals surface area contributed by atoms with E-state index >= 15 is 0 Å². The number of hydrogen-bond acceptors (Lipinski definition) is 3. The van der Waals surface area contributed by atoms with Crippen LogP contribution >= 0.6 is 0 Å². The Balaban J connectivity index is 2.27. The molecular formula is C17H12N2O2. The summed E-state index contributed by atoms with van der Waals surface area (Å²) in [5.41, 5.74) is 2.54. The first-order valence-corrected chi connectivity index (χ1v) is 6.47. The number of carbonyl (C=O) groups is 1. The molecule has 1 amide bonds. The SMILES string of the molecule is CN1C(=O)O/C(=C(/C#N)c2ccccc2)c2ccccc21. The molecule has 2 aromatic rings. The number of fused-ring (bicyclic) bond motifs is 1. The van der Waals surface area contributed by atoms with Crippen molar-refractivity contribution in [1.82, 2.24) is 0 Å². The Morgan fingerprint density at radius 1 is 1.10 bits per heavy atom. The molecule has 102 valence electrons. The van der Waals surface area contributed by atoms with E-state index in [1.54, 1.807) is 7.05 Å². The van der Waals surface area contributed by atoms with E-state index in [0.717, 1.165) is 16.8 Å². The van der Waals surface area contributed by atoms with Gasteiger partial charge in [-0.25, -0.2) is 4.79 Å². The lowest BCUT2D eigenvalue weighted by Gasteiger charge is -2.27. The Labute approximate surface area is 122 Å². The number of carbonyl (C=O) groups excluding carboxylic acids is 1. The molecule has 4 nitrogen and oxygen atoms in total. The summed E-state index contributed by atoms with van der Waals surface area (Å²) in [6.07, 6.45) is -0.493. The largest absolute Gasteiger partial charge is 0.419 e. The molecule has 1 heterocycles. The maximum Gasteiger partial charge on any atom is 0.419 e. The number of para-hydroxylation sites is 1. The first kappa shape index (κ1) is 12.9. The quantitative estimate of drug-likeness (QED) is 0.747. The number of nitriles is 1. The Morgan fingerprint density at radius 3 is 2.48 bits per heavy atom. The van der Waals surface area contributed by atoms with Crippen LogP contribution in [0.1, 0.15) is 11.1 Å². The summed E-state index contributed by atoms with van der Waals surface area (Å²) in [6, 6.07) is 18.7. The fourth-order valence-corrected chi connectivity index (χ4v) is 2.30. The molecule has 0 unspecified atom stereocenters. The van der Waals surface area contributed by atoms with Crippen LogP contribution in [0.15, 0.2) is 54.6 Å². The van der Waals surface area contributed by atoms with Gasteiger partial charge < -0.3 is 4.74 Å². The van der Waals surface area contributed by atoms with Crippen LogP contribution in [0.4, 0.5) is 10.5 Å². The van der Waals surface area contributed by atoms with Crippen LogP contribution in [-0.4, -0.2) is 13.1 Å². The molecule has 4 heteroatoms. The number of cyclic esters (lactones) is 1. The van der Waals surface area contributed by atoms with Crippen molar-refractivity contribution in [2.45, 2.75) is 0 Å². The predicted octanol–water partition coefficient (Wildman–Crippen LogP) is 3.66. The van der Waals surface area contributed by atoms with E-state index in [0.29, 0.717) is 11.3 Å². The first-order chi connectivity index (χ1) is 10.2. The number of benzene rings is 2. The van der Waals surface area contributed by atoms with Crippen LogP contribution in [-0.2, 0) is 4.74 Å². The van der Waals surface area contributed by atoms with Crippen molar-refractivity contribution in [2.75, 3.05) is 11.9 Å². The van der Waals surface area contributed by atoms with Gasteiger partial charge in [-0.15, -0.1) is 0 Å². The molecular weight excluding hydrogens is 264 g/mol. The van der Waals surface area contributed by atoms with E-state index in [-0.39, 0.29) is 0 Å². The van der Waals surface area contributed by atoms with Crippen LogP contribution in [0.5, 0.6) is 0 Å². The molecule has 0 fully saturated rings. The number of allylic oxidation sites excluding steroid dienone is 1. The van der Waals surface area contributed by atoms with Crippen LogP contribution < -0.4 is 4.90 Å². The average Bonchev–Trinajstić information content (AvgIpc) is 2.54. The Kier molecular flexibility index (Phi) is 3.17. The first-order valence-electron chi connectivity index (χ1n) is 6.47. The number of hydrogen-bond donors (Lipinski definition) is 0. The monoisotopic (exact) mass is 276 g/mol. The molecule has 0 saturated heterocycles. The van der Waals surface area contributed by atoms with Crippen LogP contribution in [0, 0.1) is 11.3 Å². The molecule has 1 aliphatic rings. The third kappa shape index (κ3) is 2.15. The van der Waals surface area contributed by atoms with Gasteiger partial charge in [-0.2, -0.15) is 5.26 Å². The van der Waals surface area contributed by atoms with Gasteiger partial charge in [-0.3, -0.25) is 4.90 Å². The van der Waals surface area contributed by atoms with Gasteiger partial charge in [-0.1, -0.05) is 42.5 Å². The molecule has 0 aromatic heterocycles. The standard InChI is InChI=1S/C17H12N2O2/c1-19-15-10-6-5-9-13(15)16(21-17(19)20)14(11-18)12-7-3-2-4-8-12/h2-10H,1H3/b16-14-. The van der Waals surface area contributed by atoms with Gasteiger partial charge in [0, 0.05) is 12.6 Å². The van der Waals surface area contributed by atoms with E-state index in [9.17, 15) is 10.1 Å². The van der Waals surface area contributed by atoms with Crippen molar-refractivity contribution in [2.24, 2.45) is 0 Å². The number of amides is 1. The van der Waals surface area contributed by atoms with Crippen LogP contribution in [0.2, 0.25) is 0 Å².